The van der Waals surface area contributed by atoms with E-state index >= 15 is 0 Å². The van der Waals surface area contributed by atoms with E-state index < -0.39 is 10.0 Å². The summed E-state index contributed by atoms with van der Waals surface area (Å²) in [6, 6.07) is 11.8. The molecule has 0 saturated carbocycles. The zero-order chi connectivity index (χ0) is 21.3. The van der Waals surface area contributed by atoms with Crippen LogP contribution in [0.15, 0.2) is 41.8 Å². The van der Waals surface area contributed by atoms with Crippen LogP contribution in [0.25, 0.3) is 11.3 Å². The highest BCUT2D eigenvalue weighted by molar-refractivity contribution is 7.92. The van der Waals surface area contributed by atoms with Crippen molar-refractivity contribution in [1.82, 2.24) is 4.98 Å². The average Bonchev–Trinajstić information content (AvgIpc) is 3.20. The molecule has 0 spiro atoms. The third-order valence-electron chi connectivity index (χ3n) is 5.21. The van der Waals surface area contributed by atoms with Crippen molar-refractivity contribution in [2.45, 2.75) is 19.3 Å². The van der Waals surface area contributed by atoms with Crippen LogP contribution >= 0.6 is 11.3 Å². The second kappa shape index (κ2) is 8.28. The molecular weight excluding hydrogens is 420 g/mol. The number of aryl methyl sites for hydroxylation is 1. The van der Waals surface area contributed by atoms with Gasteiger partial charge in [-0.3, -0.25) is 4.31 Å². The van der Waals surface area contributed by atoms with Crippen LogP contribution in [0.4, 0.5) is 5.69 Å². The van der Waals surface area contributed by atoms with Gasteiger partial charge in [0.2, 0.25) is 10.0 Å². The minimum absolute atomic E-state index is 0.539. The molecule has 0 amide bonds. The van der Waals surface area contributed by atoms with Gasteiger partial charge in [0.1, 0.15) is 0 Å². The average molecular weight is 445 g/mol. The number of fused-ring (bicyclic) bond motifs is 1. The van der Waals surface area contributed by atoms with Gasteiger partial charge in [0.15, 0.2) is 11.5 Å². The van der Waals surface area contributed by atoms with E-state index in [0.717, 1.165) is 45.9 Å². The molecule has 0 radical (unpaired) electrons. The van der Waals surface area contributed by atoms with Gasteiger partial charge in [-0.1, -0.05) is 12.1 Å². The topological polar surface area (TPSA) is 68.7 Å². The first-order valence-corrected chi connectivity index (χ1v) is 12.4. The summed E-state index contributed by atoms with van der Waals surface area (Å²) in [5, 5.41) is 3.06. The molecule has 158 valence electrons. The number of ether oxygens (including phenoxy) is 2. The molecule has 6 nitrogen and oxygen atoms in total. The van der Waals surface area contributed by atoms with Crippen molar-refractivity contribution in [3.8, 4) is 22.8 Å². The molecule has 3 aromatic rings. The molecule has 2 heterocycles. The summed E-state index contributed by atoms with van der Waals surface area (Å²) in [7, 11) is -0.00505. The smallest absolute Gasteiger partial charge is 0.232 e. The lowest BCUT2D eigenvalue weighted by Gasteiger charge is -2.29. The summed E-state index contributed by atoms with van der Waals surface area (Å²) in [5.41, 5.74) is 4.86. The Morgan fingerprint density at radius 2 is 1.90 bits per heavy atom. The number of rotatable bonds is 6. The van der Waals surface area contributed by atoms with Crippen LogP contribution in [0.1, 0.15) is 22.6 Å². The Bertz CT molecular complexity index is 1170. The van der Waals surface area contributed by atoms with Crippen molar-refractivity contribution in [2.75, 3.05) is 31.3 Å². The number of nitrogens with zero attached hydrogens (tertiary/aromatic N) is 2. The van der Waals surface area contributed by atoms with Gasteiger partial charge in [0, 0.05) is 23.9 Å². The highest BCUT2D eigenvalue weighted by Gasteiger charge is 2.24. The lowest BCUT2D eigenvalue weighted by Crippen LogP contribution is -2.34. The van der Waals surface area contributed by atoms with Gasteiger partial charge in [0.05, 0.1) is 36.9 Å². The van der Waals surface area contributed by atoms with Crippen molar-refractivity contribution < 1.29 is 17.9 Å². The van der Waals surface area contributed by atoms with Gasteiger partial charge in [-0.15, -0.1) is 11.3 Å². The minimum Gasteiger partial charge on any atom is -0.493 e. The number of sulfonamides is 1. The van der Waals surface area contributed by atoms with E-state index in [4.69, 9.17) is 14.5 Å². The summed E-state index contributed by atoms with van der Waals surface area (Å²) in [5.74, 6) is 1.41. The molecule has 0 bridgehead atoms. The van der Waals surface area contributed by atoms with Gasteiger partial charge < -0.3 is 9.47 Å². The monoisotopic (exact) mass is 444 g/mol. The molecule has 0 fully saturated rings. The molecule has 0 aliphatic carbocycles. The maximum Gasteiger partial charge on any atom is 0.232 e. The molecule has 0 saturated heterocycles. The lowest BCUT2D eigenvalue weighted by molar-refractivity contribution is 0.354. The zero-order valence-electron chi connectivity index (χ0n) is 17.2. The number of hydrogen-bond donors (Lipinski definition) is 0. The van der Waals surface area contributed by atoms with E-state index in [1.165, 1.54) is 10.6 Å². The highest BCUT2D eigenvalue weighted by atomic mass is 32.2. The number of aromatic nitrogens is 1. The van der Waals surface area contributed by atoms with Gasteiger partial charge in [0.25, 0.3) is 0 Å². The fraction of sp³-hybridized carbons (Fsp3) is 0.318. The van der Waals surface area contributed by atoms with E-state index in [0.29, 0.717) is 24.5 Å². The number of thiazole rings is 1. The third kappa shape index (κ3) is 4.15. The number of methoxy groups -OCH3 is 2. The lowest BCUT2D eigenvalue weighted by atomic mass is 10.00. The van der Waals surface area contributed by atoms with Gasteiger partial charge in [-0.2, -0.15) is 0 Å². The SMILES string of the molecule is COc1ccc(Cc2nc(-c3ccc4c(c3)CCCN4S(C)(=O)=O)cs2)cc1OC. The Morgan fingerprint density at radius 3 is 2.63 bits per heavy atom. The van der Waals surface area contributed by atoms with E-state index in [1.54, 1.807) is 25.6 Å². The summed E-state index contributed by atoms with van der Waals surface area (Å²) < 4.78 is 36.3. The first-order chi connectivity index (χ1) is 14.4. The maximum absolute atomic E-state index is 12.1. The number of benzene rings is 2. The van der Waals surface area contributed by atoms with Crippen LogP contribution in [-0.4, -0.2) is 40.4 Å². The minimum atomic E-state index is -3.26. The van der Waals surface area contributed by atoms with Gasteiger partial charge >= 0.3 is 0 Å². The fourth-order valence-corrected chi connectivity index (χ4v) is 5.59. The van der Waals surface area contributed by atoms with Crippen molar-refractivity contribution in [3.63, 3.8) is 0 Å². The van der Waals surface area contributed by atoms with Crippen LogP contribution in [-0.2, 0) is 22.9 Å². The molecule has 0 unspecified atom stereocenters. The molecule has 0 atom stereocenters. The summed E-state index contributed by atoms with van der Waals surface area (Å²) in [4.78, 5) is 4.81. The van der Waals surface area contributed by atoms with E-state index in [1.807, 2.05) is 30.3 Å². The standard InChI is InChI=1S/C22H24N2O4S2/c1-27-20-9-6-15(11-21(20)28-2)12-22-23-18(14-29-22)16-7-8-19-17(13-16)5-4-10-24(19)30(3,25)26/h6-9,11,13-14H,4-5,10,12H2,1-3H3. The number of hydrogen-bond acceptors (Lipinski definition) is 6. The van der Waals surface area contributed by atoms with E-state index in [-0.39, 0.29) is 0 Å². The summed E-state index contributed by atoms with van der Waals surface area (Å²) >= 11 is 1.62. The van der Waals surface area contributed by atoms with Crippen LogP contribution in [0, 0.1) is 0 Å². The molecule has 1 aromatic heterocycles. The normalized spacial score (nSPS) is 13.8. The quantitative estimate of drug-likeness (QED) is 0.572. The van der Waals surface area contributed by atoms with Crippen molar-refractivity contribution in [2.24, 2.45) is 0 Å². The molecule has 0 N–H and O–H groups in total. The fourth-order valence-electron chi connectivity index (χ4n) is 3.76. The van der Waals surface area contributed by atoms with Crippen molar-refractivity contribution >= 4 is 27.0 Å². The molecule has 30 heavy (non-hydrogen) atoms. The molecule has 2 aromatic carbocycles. The van der Waals surface area contributed by atoms with Crippen molar-refractivity contribution in [3.05, 3.63) is 57.9 Å². The Balaban J connectivity index is 1.58. The molecular formula is C22H24N2O4S2. The van der Waals surface area contributed by atoms with Gasteiger partial charge in [-0.05, 0) is 48.2 Å². The molecule has 4 rings (SSSR count). The maximum atomic E-state index is 12.1. The van der Waals surface area contributed by atoms with Crippen LogP contribution in [0.3, 0.4) is 0 Å². The number of anilines is 1. The molecule has 1 aliphatic heterocycles. The Hall–Kier alpha value is -2.58. The van der Waals surface area contributed by atoms with Gasteiger partial charge in [-0.25, -0.2) is 13.4 Å². The first kappa shape index (κ1) is 20.7. The first-order valence-electron chi connectivity index (χ1n) is 9.65. The highest BCUT2D eigenvalue weighted by Crippen LogP contribution is 2.34. The van der Waals surface area contributed by atoms with Crippen LogP contribution in [0.5, 0.6) is 11.5 Å². The van der Waals surface area contributed by atoms with Crippen molar-refractivity contribution in [1.29, 1.82) is 0 Å². The van der Waals surface area contributed by atoms with Crippen LogP contribution < -0.4 is 13.8 Å². The second-order valence-electron chi connectivity index (χ2n) is 7.27. The Morgan fingerprint density at radius 1 is 1.10 bits per heavy atom. The Labute approximate surface area is 181 Å². The van der Waals surface area contributed by atoms with E-state index in [2.05, 4.69) is 11.4 Å². The van der Waals surface area contributed by atoms with Crippen LogP contribution in [0.2, 0.25) is 0 Å². The second-order valence-corrected chi connectivity index (χ2v) is 10.1. The predicted molar refractivity (Wildman–Crippen MR) is 120 cm³/mol. The predicted octanol–water partition coefficient (Wildman–Crippen LogP) is 4.13. The summed E-state index contributed by atoms with van der Waals surface area (Å²) in [6.45, 7) is 0.539. The summed E-state index contributed by atoms with van der Waals surface area (Å²) in [6.07, 6.45) is 3.66. The molecule has 8 heteroatoms. The largest absolute Gasteiger partial charge is 0.493 e. The zero-order valence-corrected chi connectivity index (χ0v) is 18.8. The Kier molecular flexibility index (Phi) is 5.71. The molecule has 1 aliphatic rings. The van der Waals surface area contributed by atoms with E-state index in [9.17, 15) is 8.42 Å². The third-order valence-corrected chi connectivity index (χ3v) is 7.24.